The molecule has 0 radical (unpaired) electrons. The van der Waals surface area contributed by atoms with Gasteiger partial charge in [-0.1, -0.05) is 36.9 Å². The quantitative estimate of drug-likeness (QED) is 0.584. The van der Waals surface area contributed by atoms with Crippen LogP contribution in [0.1, 0.15) is 11.1 Å². The number of aryl methyl sites for hydroxylation is 1. The van der Waals surface area contributed by atoms with E-state index in [1.165, 1.54) is 12.2 Å². The fourth-order valence-electron chi connectivity index (χ4n) is 1.27. The molecule has 1 aromatic rings. The Morgan fingerprint density at radius 3 is 2.57 bits per heavy atom. The van der Waals surface area contributed by atoms with Crippen LogP contribution in [0.25, 0.3) is 5.57 Å². The third-order valence-electron chi connectivity index (χ3n) is 1.95. The molecule has 0 saturated carbocycles. The SMILES string of the molecule is C=CC=C(C(=O)O)c1ccccc1C. The predicted molar refractivity (Wildman–Crippen MR) is 57.0 cm³/mol. The van der Waals surface area contributed by atoms with E-state index in [1.807, 2.05) is 25.1 Å². The first-order chi connectivity index (χ1) is 6.66. The minimum absolute atomic E-state index is 0.276. The number of rotatable bonds is 3. The van der Waals surface area contributed by atoms with Crippen LogP contribution in [-0.4, -0.2) is 11.1 Å². The number of carboxylic acids is 1. The van der Waals surface area contributed by atoms with Crippen LogP contribution in [0.2, 0.25) is 0 Å². The van der Waals surface area contributed by atoms with Crippen LogP contribution in [0, 0.1) is 6.92 Å². The fourth-order valence-corrected chi connectivity index (χ4v) is 1.27. The van der Waals surface area contributed by atoms with Crippen molar-refractivity contribution < 1.29 is 9.90 Å². The van der Waals surface area contributed by atoms with Crippen molar-refractivity contribution in [3.8, 4) is 0 Å². The maximum absolute atomic E-state index is 10.9. The standard InChI is InChI=1S/C12H12O2/c1-3-6-11(12(13)14)10-8-5-4-7-9(10)2/h3-8H,1H2,2H3,(H,13,14). The number of hydrogen-bond acceptors (Lipinski definition) is 1. The molecule has 0 unspecified atom stereocenters. The number of aliphatic carboxylic acids is 1. The first-order valence-electron chi connectivity index (χ1n) is 4.29. The van der Waals surface area contributed by atoms with Gasteiger partial charge in [-0.05, 0) is 24.1 Å². The molecule has 0 spiro atoms. The van der Waals surface area contributed by atoms with Crippen molar-refractivity contribution in [2.45, 2.75) is 6.92 Å². The largest absolute Gasteiger partial charge is 0.478 e. The summed E-state index contributed by atoms with van der Waals surface area (Å²) in [6.07, 6.45) is 2.99. The van der Waals surface area contributed by atoms with Crippen molar-refractivity contribution in [3.05, 3.63) is 54.1 Å². The van der Waals surface area contributed by atoms with Gasteiger partial charge in [-0.25, -0.2) is 4.79 Å². The molecule has 0 aliphatic carbocycles. The highest BCUT2D eigenvalue weighted by molar-refractivity contribution is 6.16. The van der Waals surface area contributed by atoms with E-state index in [0.29, 0.717) is 0 Å². The highest BCUT2D eigenvalue weighted by atomic mass is 16.4. The Kier molecular flexibility index (Phi) is 3.24. The summed E-state index contributed by atoms with van der Waals surface area (Å²) in [6, 6.07) is 7.38. The molecule has 0 heterocycles. The van der Waals surface area contributed by atoms with E-state index in [-0.39, 0.29) is 5.57 Å². The number of allylic oxidation sites excluding steroid dienone is 2. The highest BCUT2D eigenvalue weighted by Gasteiger charge is 2.10. The van der Waals surface area contributed by atoms with Crippen molar-refractivity contribution in [1.29, 1.82) is 0 Å². The highest BCUT2D eigenvalue weighted by Crippen LogP contribution is 2.18. The van der Waals surface area contributed by atoms with Crippen LogP contribution < -0.4 is 0 Å². The molecule has 0 fully saturated rings. The summed E-state index contributed by atoms with van der Waals surface area (Å²) >= 11 is 0. The van der Waals surface area contributed by atoms with Gasteiger partial charge in [-0.2, -0.15) is 0 Å². The molecule has 72 valence electrons. The third-order valence-corrected chi connectivity index (χ3v) is 1.95. The zero-order chi connectivity index (χ0) is 10.6. The van der Waals surface area contributed by atoms with Crippen LogP contribution >= 0.6 is 0 Å². The predicted octanol–water partition coefficient (Wildman–Crippen LogP) is 2.65. The Balaban J connectivity index is 3.26. The molecule has 1 aromatic carbocycles. The van der Waals surface area contributed by atoms with E-state index < -0.39 is 5.97 Å². The normalized spacial score (nSPS) is 11.1. The van der Waals surface area contributed by atoms with Gasteiger partial charge < -0.3 is 5.11 Å². The second kappa shape index (κ2) is 4.42. The third kappa shape index (κ3) is 2.10. The molecule has 14 heavy (non-hydrogen) atoms. The molecule has 0 saturated heterocycles. The summed E-state index contributed by atoms with van der Waals surface area (Å²) < 4.78 is 0. The van der Waals surface area contributed by atoms with Crippen LogP contribution in [0.3, 0.4) is 0 Å². The van der Waals surface area contributed by atoms with Crippen molar-refractivity contribution in [3.63, 3.8) is 0 Å². The van der Waals surface area contributed by atoms with Crippen molar-refractivity contribution in [2.24, 2.45) is 0 Å². The second-order valence-electron chi connectivity index (χ2n) is 2.94. The molecule has 0 aliphatic heterocycles. The van der Waals surface area contributed by atoms with Gasteiger partial charge in [-0.15, -0.1) is 0 Å². The first kappa shape index (κ1) is 10.3. The van der Waals surface area contributed by atoms with Gasteiger partial charge in [0.2, 0.25) is 0 Å². The van der Waals surface area contributed by atoms with Gasteiger partial charge in [-0.3, -0.25) is 0 Å². The van der Waals surface area contributed by atoms with Gasteiger partial charge in [0.15, 0.2) is 0 Å². The molecule has 2 nitrogen and oxygen atoms in total. The topological polar surface area (TPSA) is 37.3 Å². The van der Waals surface area contributed by atoms with E-state index in [1.54, 1.807) is 6.07 Å². The molecular weight excluding hydrogens is 176 g/mol. The van der Waals surface area contributed by atoms with Crippen LogP contribution in [-0.2, 0) is 4.79 Å². The number of carbonyl (C=O) groups is 1. The van der Waals surface area contributed by atoms with Crippen molar-refractivity contribution in [1.82, 2.24) is 0 Å². The van der Waals surface area contributed by atoms with E-state index in [2.05, 4.69) is 6.58 Å². The van der Waals surface area contributed by atoms with Gasteiger partial charge in [0, 0.05) is 0 Å². The lowest BCUT2D eigenvalue weighted by Gasteiger charge is -2.05. The Labute approximate surface area is 83.2 Å². The Morgan fingerprint density at radius 1 is 1.43 bits per heavy atom. The average Bonchev–Trinajstić information content (AvgIpc) is 2.15. The number of hydrogen-bond donors (Lipinski definition) is 1. The summed E-state index contributed by atoms with van der Waals surface area (Å²) in [6.45, 7) is 5.38. The van der Waals surface area contributed by atoms with E-state index in [9.17, 15) is 4.79 Å². The molecule has 1 N–H and O–H groups in total. The minimum atomic E-state index is -0.931. The van der Waals surface area contributed by atoms with Gasteiger partial charge >= 0.3 is 5.97 Å². The summed E-state index contributed by atoms with van der Waals surface area (Å²) in [7, 11) is 0. The van der Waals surface area contributed by atoms with Crippen LogP contribution in [0.15, 0.2) is 43.0 Å². The zero-order valence-corrected chi connectivity index (χ0v) is 8.03. The maximum atomic E-state index is 10.9. The van der Waals surface area contributed by atoms with E-state index in [0.717, 1.165) is 11.1 Å². The van der Waals surface area contributed by atoms with E-state index in [4.69, 9.17) is 5.11 Å². The molecule has 2 heteroatoms. The van der Waals surface area contributed by atoms with Gasteiger partial charge in [0.05, 0.1) is 5.57 Å². The molecule has 0 atom stereocenters. The Morgan fingerprint density at radius 2 is 2.07 bits per heavy atom. The smallest absolute Gasteiger partial charge is 0.336 e. The van der Waals surface area contributed by atoms with Crippen molar-refractivity contribution in [2.75, 3.05) is 0 Å². The summed E-state index contributed by atoms with van der Waals surface area (Å²) in [4.78, 5) is 10.9. The lowest BCUT2D eigenvalue weighted by molar-refractivity contribution is -0.130. The lowest BCUT2D eigenvalue weighted by Crippen LogP contribution is -2.00. The zero-order valence-electron chi connectivity index (χ0n) is 8.03. The average molecular weight is 188 g/mol. The number of carboxylic acid groups (broad SMARTS) is 1. The molecule has 1 rings (SSSR count). The Bertz CT molecular complexity index is 389. The Hall–Kier alpha value is -1.83. The molecular formula is C12H12O2. The maximum Gasteiger partial charge on any atom is 0.336 e. The second-order valence-corrected chi connectivity index (χ2v) is 2.94. The van der Waals surface area contributed by atoms with Crippen molar-refractivity contribution >= 4 is 11.5 Å². The molecule has 0 bridgehead atoms. The molecule has 0 aromatic heterocycles. The van der Waals surface area contributed by atoms with Gasteiger partial charge in [0.1, 0.15) is 0 Å². The van der Waals surface area contributed by atoms with Crippen LogP contribution in [0.4, 0.5) is 0 Å². The van der Waals surface area contributed by atoms with E-state index >= 15 is 0 Å². The fraction of sp³-hybridized carbons (Fsp3) is 0.0833. The van der Waals surface area contributed by atoms with Gasteiger partial charge in [0.25, 0.3) is 0 Å². The first-order valence-corrected chi connectivity index (χ1v) is 4.29. The molecule has 0 amide bonds. The monoisotopic (exact) mass is 188 g/mol. The minimum Gasteiger partial charge on any atom is -0.478 e. The summed E-state index contributed by atoms with van der Waals surface area (Å²) in [5.74, 6) is -0.931. The lowest BCUT2D eigenvalue weighted by atomic mass is 10.0. The number of benzene rings is 1. The molecule has 0 aliphatic rings. The van der Waals surface area contributed by atoms with Crippen LogP contribution in [0.5, 0.6) is 0 Å². The summed E-state index contributed by atoms with van der Waals surface area (Å²) in [5.41, 5.74) is 1.96. The summed E-state index contributed by atoms with van der Waals surface area (Å²) in [5, 5.41) is 8.97.